The highest BCUT2D eigenvalue weighted by Crippen LogP contribution is 2.15. The van der Waals surface area contributed by atoms with Crippen LogP contribution in [0, 0.1) is 17.2 Å². The number of thiol groups is 1. The van der Waals surface area contributed by atoms with Gasteiger partial charge in [-0.3, -0.25) is 0 Å². The Hall–Kier alpha value is -1.14. The molecule has 2 nitrogen and oxygen atoms in total. The van der Waals surface area contributed by atoms with E-state index in [1.165, 1.54) is 0 Å². The molecule has 0 saturated carbocycles. The summed E-state index contributed by atoms with van der Waals surface area (Å²) in [5, 5.41) is 8.68. The predicted molar refractivity (Wildman–Crippen MR) is 67.4 cm³/mol. The quantitative estimate of drug-likeness (QED) is 0.790. The van der Waals surface area contributed by atoms with Crippen molar-refractivity contribution < 1.29 is 0 Å². The zero-order valence-corrected chi connectivity index (χ0v) is 10.0. The van der Waals surface area contributed by atoms with Crippen molar-refractivity contribution in [2.45, 2.75) is 6.92 Å². The highest BCUT2D eigenvalue weighted by Gasteiger charge is 2.05. The second-order valence-electron chi connectivity index (χ2n) is 3.83. The summed E-state index contributed by atoms with van der Waals surface area (Å²) >= 11 is 4.26. The average Bonchev–Trinajstić information content (AvgIpc) is 2.29. The number of nitriles is 1. The van der Waals surface area contributed by atoms with E-state index in [4.69, 9.17) is 5.26 Å². The molecule has 0 aliphatic heterocycles. The van der Waals surface area contributed by atoms with E-state index in [0.717, 1.165) is 18.0 Å². The van der Waals surface area contributed by atoms with E-state index < -0.39 is 0 Å². The highest BCUT2D eigenvalue weighted by molar-refractivity contribution is 7.80. The number of rotatable bonds is 4. The summed E-state index contributed by atoms with van der Waals surface area (Å²) < 4.78 is 0. The molecule has 0 aromatic heterocycles. The van der Waals surface area contributed by atoms with Gasteiger partial charge in [0.05, 0.1) is 11.6 Å². The van der Waals surface area contributed by atoms with Crippen molar-refractivity contribution in [2.75, 3.05) is 24.2 Å². The van der Waals surface area contributed by atoms with Crippen LogP contribution in [0.15, 0.2) is 24.3 Å². The molecule has 0 fully saturated rings. The Kier molecular flexibility index (Phi) is 4.51. The fourth-order valence-electron chi connectivity index (χ4n) is 1.42. The second-order valence-corrected chi connectivity index (χ2v) is 4.19. The number of anilines is 1. The molecule has 0 radical (unpaired) electrons. The van der Waals surface area contributed by atoms with Crippen molar-refractivity contribution in [3.05, 3.63) is 29.8 Å². The Morgan fingerprint density at radius 1 is 1.40 bits per heavy atom. The number of nitrogens with zero attached hydrogens (tertiary/aromatic N) is 2. The van der Waals surface area contributed by atoms with Crippen molar-refractivity contribution in [1.29, 1.82) is 5.26 Å². The molecule has 0 aliphatic rings. The third-order valence-electron chi connectivity index (χ3n) is 2.33. The van der Waals surface area contributed by atoms with Crippen molar-refractivity contribution in [1.82, 2.24) is 0 Å². The standard InChI is InChI=1S/C12H16N2S/c1-10(9-15)8-14(2)12-5-3-11(7-13)4-6-12/h3-6,10,15H,8-9H2,1-2H3. The molecular formula is C12H16N2S. The Balaban J connectivity index is 2.66. The van der Waals surface area contributed by atoms with Crippen LogP contribution >= 0.6 is 12.6 Å². The lowest BCUT2D eigenvalue weighted by Gasteiger charge is -2.22. The zero-order valence-electron chi connectivity index (χ0n) is 9.14. The van der Waals surface area contributed by atoms with Crippen LogP contribution in [0.5, 0.6) is 0 Å². The Labute approximate surface area is 96.9 Å². The smallest absolute Gasteiger partial charge is 0.0991 e. The van der Waals surface area contributed by atoms with Crippen molar-refractivity contribution in [3.8, 4) is 6.07 Å². The summed E-state index contributed by atoms with van der Waals surface area (Å²) in [5.74, 6) is 1.45. The summed E-state index contributed by atoms with van der Waals surface area (Å²) in [4.78, 5) is 2.18. The largest absolute Gasteiger partial charge is 0.374 e. The predicted octanol–water partition coefficient (Wildman–Crippen LogP) is 2.56. The molecule has 0 aliphatic carbocycles. The van der Waals surface area contributed by atoms with Crippen molar-refractivity contribution in [2.24, 2.45) is 5.92 Å². The van der Waals surface area contributed by atoms with E-state index >= 15 is 0 Å². The van der Waals surface area contributed by atoms with E-state index in [-0.39, 0.29) is 0 Å². The van der Waals surface area contributed by atoms with Crippen LogP contribution in [-0.4, -0.2) is 19.3 Å². The van der Waals surface area contributed by atoms with Gasteiger partial charge >= 0.3 is 0 Å². The molecule has 1 aromatic carbocycles. The molecule has 0 bridgehead atoms. The molecule has 0 heterocycles. The van der Waals surface area contributed by atoms with Crippen LogP contribution in [0.2, 0.25) is 0 Å². The third kappa shape index (κ3) is 3.49. The molecule has 1 aromatic rings. The number of hydrogen-bond acceptors (Lipinski definition) is 3. The average molecular weight is 220 g/mol. The minimum absolute atomic E-state index is 0.564. The van der Waals surface area contributed by atoms with Crippen molar-refractivity contribution >= 4 is 18.3 Å². The monoisotopic (exact) mass is 220 g/mol. The summed E-state index contributed by atoms with van der Waals surface area (Å²) in [7, 11) is 2.06. The minimum atomic E-state index is 0.564. The fraction of sp³-hybridized carbons (Fsp3) is 0.417. The lowest BCUT2D eigenvalue weighted by molar-refractivity contribution is 0.650. The van der Waals surface area contributed by atoms with Crippen molar-refractivity contribution in [3.63, 3.8) is 0 Å². The Morgan fingerprint density at radius 2 is 2.00 bits per heavy atom. The first-order chi connectivity index (χ1) is 7.17. The molecule has 15 heavy (non-hydrogen) atoms. The van der Waals surface area contributed by atoms with Crippen LogP contribution in [0.3, 0.4) is 0 Å². The molecule has 3 heteroatoms. The first kappa shape index (κ1) is 11.9. The maximum Gasteiger partial charge on any atom is 0.0991 e. The maximum atomic E-state index is 8.68. The van der Waals surface area contributed by atoms with E-state index in [1.54, 1.807) is 0 Å². The van der Waals surface area contributed by atoms with Gasteiger partial charge in [-0.2, -0.15) is 17.9 Å². The molecule has 1 unspecified atom stereocenters. The summed E-state index contributed by atoms with van der Waals surface area (Å²) in [5.41, 5.74) is 1.84. The zero-order chi connectivity index (χ0) is 11.3. The Bertz CT molecular complexity index is 340. The normalized spacial score (nSPS) is 11.9. The SMILES string of the molecule is CC(CS)CN(C)c1ccc(C#N)cc1. The molecule has 80 valence electrons. The lowest BCUT2D eigenvalue weighted by atomic mass is 10.1. The van der Waals surface area contributed by atoms with Gasteiger partial charge in [0.25, 0.3) is 0 Å². The van der Waals surface area contributed by atoms with Crippen LogP contribution in [0.4, 0.5) is 5.69 Å². The third-order valence-corrected chi connectivity index (χ3v) is 2.96. The van der Waals surface area contributed by atoms with E-state index in [9.17, 15) is 0 Å². The fourth-order valence-corrected chi connectivity index (χ4v) is 1.54. The van der Waals surface area contributed by atoms with E-state index in [1.807, 2.05) is 24.3 Å². The highest BCUT2D eigenvalue weighted by atomic mass is 32.1. The molecule has 0 N–H and O–H groups in total. The van der Waals surface area contributed by atoms with Gasteiger partial charge in [-0.1, -0.05) is 6.92 Å². The first-order valence-electron chi connectivity index (χ1n) is 4.99. The van der Waals surface area contributed by atoms with Crippen LogP contribution in [0.1, 0.15) is 12.5 Å². The van der Waals surface area contributed by atoms with Crippen LogP contribution < -0.4 is 4.90 Å². The Morgan fingerprint density at radius 3 is 2.47 bits per heavy atom. The van der Waals surface area contributed by atoms with Gasteiger partial charge in [-0.15, -0.1) is 0 Å². The topological polar surface area (TPSA) is 27.0 Å². The molecule has 0 spiro atoms. The minimum Gasteiger partial charge on any atom is -0.374 e. The molecule has 0 saturated heterocycles. The second kappa shape index (κ2) is 5.67. The summed E-state index contributed by atoms with van der Waals surface area (Å²) in [6.07, 6.45) is 0. The number of hydrogen-bond donors (Lipinski definition) is 1. The molecular weight excluding hydrogens is 204 g/mol. The van der Waals surface area contributed by atoms with Crippen LogP contribution in [0.25, 0.3) is 0 Å². The van der Waals surface area contributed by atoms with Gasteiger partial charge in [0.1, 0.15) is 0 Å². The van der Waals surface area contributed by atoms with Gasteiger partial charge in [-0.05, 0) is 35.9 Å². The van der Waals surface area contributed by atoms with Gasteiger partial charge in [0.2, 0.25) is 0 Å². The molecule has 1 atom stereocenters. The first-order valence-corrected chi connectivity index (χ1v) is 5.62. The van der Waals surface area contributed by atoms with Gasteiger partial charge in [0.15, 0.2) is 0 Å². The van der Waals surface area contributed by atoms with E-state index in [2.05, 4.69) is 37.6 Å². The summed E-state index contributed by atoms with van der Waals surface area (Å²) in [6.45, 7) is 3.16. The van der Waals surface area contributed by atoms with Gasteiger partial charge < -0.3 is 4.90 Å². The number of benzene rings is 1. The molecule has 0 amide bonds. The molecule has 1 rings (SSSR count). The van der Waals surface area contributed by atoms with Gasteiger partial charge in [-0.25, -0.2) is 0 Å². The summed E-state index contributed by atoms with van der Waals surface area (Å²) in [6, 6.07) is 9.76. The van der Waals surface area contributed by atoms with Crippen LogP contribution in [-0.2, 0) is 0 Å². The lowest BCUT2D eigenvalue weighted by Crippen LogP contribution is -2.24. The maximum absolute atomic E-state index is 8.68. The van der Waals surface area contributed by atoms with Gasteiger partial charge in [0, 0.05) is 19.3 Å². The van der Waals surface area contributed by atoms with E-state index in [0.29, 0.717) is 11.5 Å².